The Balaban J connectivity index is 1.46. The van der Waals surface area contributed by atoms with Crippen LogP contribution in [0.3, 0.4) is 0 Å². The Morgan fingerprint density at radius 2 is 1.93 bits per heavy atom. The first-order chi connectivity index (χ1) is 13.6. The number of ether oxygens (including phenoxy) is 1. The van der Waals surface area contributed by atoms with Crippen molar-refractivity contribution in [3.8, 4) is 0 Å². The van der Waals surface area contributed by atoms with Crippen LogP contribution in [0.4, 0.5) is 11.4 Å². The van der Waals surface area contributed by atoms with Gasteiger partial charge in [0.15, 0.2) is 0 Å². The zero-order valence-electron chi connectivity index (χ0n) is 16.1. The summed E-state index contributed by atoms with van der Waals surface area (Å²) < 4.78 is 7.67. The monoisotopic (exact) mass is 378 g/mol. The standard InChI is InChI=1S/C22H26N4O2/c1-16-2-3-18(23)15-20(16)22(27)24-19-4-5-21-17(14-19)6-7-26(21)9-8-25-10-12-28-13-11-25/h2-7,14-15H,8-13,23H2,1H3,(H,24,27). The summed E-state index contributed by atoms with van der Waals surface area (Å²) in [4.78, 5) is 15.0. The zero-order chi connectivity index (χ0) is 19.5. The Labute approximate surface area is 164 Å². The van der Waals surface area contributed by atoms with Gasteiger partial charge in [0.05, 0.1) is 13.2 Å². The molecule has 1 saturated heterocycles. The number of nitrogen functional groups attached to an aromatic ring is 1. The number of anilines is 2. The Bertz CT molecular complexity index is 989. The van der Waals surface area contributed by atoms with Gasteiger partial charge in [-0.3, -0.25) is 9.69 Å². The number of carbonyl (C=O) groups is 1. The number of carbonyl (C=O) groups excluding carboxylic acids is 1. The lowest BCUT2D eigenvalue weighted by atomic mass is 10.1. The molecule has 0 atom stereocenters. The van der Waals surface area contributed by atoms with E-state index in [-0.39, 0.29) is 5.91 Å². The van der Waals surface area contributed by atoms with E-state index in [2.05, 4.69) is 33.1 Å². The Morgan fingerprint density at radius 1 is 1.11 bits per heavy atom. The normalized spacial score (nSPS) is 15.0. The fraction of sp³-hybridized carbons (Fsp3) is 0.318. The fourth-order valence-electron chi connectivity index (χ4n) is 3.63. The van der Waals surface area contributed by atoms with E-state index >= 15 is 0 Å². The van der Waals surface area contributed by atoms with Crippen molar-refractivity contribution in [2.24, 2.45) is 0 Å². The number of benzene rings is 2. The highest BCUT2D eigenvalue weighted by molar-refractivity contribution is 6.06. The quantitative estimate of drug-likeness (QED) is 0.669. The third kappa shape index (κ3) is 4.03. The van der Waals surface area contributed by atoms with E-state index in [1.807, 2.05) is 25.1 Å². The molecule has 146 valence electrons. The molecule has 6 heteroatoms. The highest BCUT2D eigenvalue weighted by Crippen LogP contribution is 2.22. The van der Waals surface area contributed by atoms with Crippen molar-refractivity contribution < 1.29 is 9.53 Å². The number of hydrogen-bond donors (Lipinski definition) is 2. The smallest absolute Gasteiger partial charge is 0.256 e. The molecule has 3 aromatic rings. The number of rotatable bonds is 5. The lowest BCUT2D eigenvalue weighted by Crippen LogP contribution is -2.38. The Kier molecular flexibility index (Phi) is 5.32. The zero-order valence-corrected chi connectivity index (χ0v) is 16.1. The Morgan fingerprint density at radius 3 is 2.75 bits per heavy atom. The molecule has 4 rings (SSSR count). The van der Waals surface area contributed by atoms with E-state index in [9.17, 15) is 4.79 Å². The number of fused-ring (bicyclic) bond motifs is 1. The molecule has 0 saturated carbocycles. The predicted molar refractivity (Wildman–Crippen MR) is 113 cm³/mol. The molecule has 2 heterocycles. The van der Waals surface area contributed by atoms with E-state index < -0.39 is 0 Å². The van der Waals surface area contributed by atoms with Gasteiger partial charge in [0, 0.05) is 60.2 Å². The minimum atomic E-state index is -0.143. The highest BCUT2D eigenvalue weighted by atomic mass is 16.5. The van der Waals surface area contributed by atoms with Crippen LogP contribution in [-0.4, -0.2) is 48.2 Å². The lowest BCUT2D eigenvalue weighted by Gasteiger charge is -2.26. The lowest BCUT2D eigenvalue weighted by molar-refractivity contribution is 0.0365. The minimum absolute atomic E-state index is 0.143. The maximum atomic E-state index is 12.6. The molecular formula is C22H26N4O2. The number of nitrogens with two attached hydrogens (primary N) is 1. The van der Waals surface area contributed by atoms with Crippen molar-refractivity contribution >= 4 is 28.2 Å². The van der Waals surface area contributed by atoms with E-state index in [1.54, 1.807) is 12.1 Å². The second kappa shape index (κ2) is 8.04. The maximum absolute atomic E-state index is 12.6. The van der Waals surface area contributed by atoms with Crippen molar-refractivity contribution in [2.45, 2.75) is 13.5 Å². The summed E-state index contributed by atoms with van der Waals surface area (Å²) in [5.41, 5.74) is 9.87. The molecule has 1 aliphatic heterocycles. The molecule has 1 amide bonds. The van der Waals surface area contributed by atoms with Crippen LogP contribution in [-0.2, 0) is 11.3 Å². The molecule has 28 heavy (non-hydrogen) atoms. The van der Waals surface area contributed by atoms with Gasteiger partial charge in [-0.1, -0.05) is 6.07 Å². The summed E-state index contributed by atoms with van der Waals surface area (Å²) in [6, 6.07) is 13.5. The first kappa shape index (κ1) is 18.5. The van der Waals surface area contributed by atoms with E-state index in [1.165, 1.54) is 5.52 Å². The molecule has 0 aliphatic carbocycles. The summed E-state index contributed by atoms with van der Waals surface area (Å²) in [5.74, 6) is -0.143. The van der Waals surface area contributed by atoms with Gasteiger partial charge in [-0.05, 0) is 48.9 Å². The second-order valence-electron chi connectivity index (χ2n) is 7.27. The van der Waals surface area contributed by atoms with Crippen LogP contribution >= 0.6 is 0 Å². The molecule has 0 unspecified atom stereocenters. The van der Waals surface area contributed by atoms with E-state index in [0.29, 0.717) is 11.3 Å². The predicted octanol–water partition coefficient (Wildman–Crippen LogP) is 3.12. The van der Waals surface area contributed by atoms with Crippen LogP contribution in [0.5, 0.6) is 0 Å². The molecular weight excluding hydrogens is 352 g/mol. The summed E-state index contributed by atoms with van der Waals surface area (Å²) in [5, 5.41) is 4.10. The SMILES string of the molecule is Cc1ccc(N)cc1C(=O)Nc1ccc2c(ccn2CCN2CCOCC2)c1. The number of amides is 1. The number of aryl methyl sites for hydroxylation is 1. The van der Waals surface area contributed by atoms with Gasteiger partial charge in [-0.2, -0.15) is 0 Å². The van der Waals surface area contributed by atoms with Crippen molar-refractivity contribution in [2.75, 3.05) is 43.9 Å². The van der Waals surface area contributed by atoms with Crippen LogP contribution < -0.4 is 11.1 Å². The van der Waals surface area contributed by atoms with Gasteiger partial charge < -0.3 is 20.4 Å². The molecule has 1 fully saturated rings. The maximum Gasteiger partial charge on any atom is 0.256 e. The van der Waals surface area contributed by atoms with E-state index in [4.69, 9.17) is 10.5 Å². The molecule has 0 spiro atoms. The third-order valence-electron chi connectivity index (χ3n) is 5.30. The van der Waals surface area contributed by atoms with Gasteiger partial charge in [0.2, 0.25) is 0 Å². The number of morpholine rings is 1. The highest BCUT2D eigenvalue weighted by Gasteiger charge is 2.12. The van der Waals surface area contributed by atoms with Gasteiger partial charge in [-0.25, -0.2) is 0 Å². The average Bonchev–Trinajstić information content (AvgIpc) is 3.11. The summed E-state index contributed by atoms with van der Waals surface area (Å²) in [7, 11) is 0. The van der Waals surface area contributed by atoms with Gasteiger partial charge in [0.1, 0.15) is 0 Å². The third-order valence-corrected chi connectivity index (χ3v) is 5.30. The van der Waals surface area contributed by atoms with Crippen molar-refractivity contribution in [3.63, 3.8) is 0 Å². The summed E-state index contributed by atoms with van der Waals surface area (Å²) >= 11 is 0. The molecule has 6 nitrogen and oxygen atoms in total. The second-order valence-corrected chi connectivity index (χ2v) is 7.27. The van der Waals surface area contributed by atoms with Crippen LogP contribution in [0.2, 0.25) is 0 Å². The van der Waals surface area contributed by atoms with E-state index in [0.717, 1.165) is 56.0 Å². The van der Waals surface area contributed by atoms with Crippen LogP contribution in [0.15, 0.2) is 48.7 Å². The number of aromatic nitrogens is 1. The molecule has 2 aromatic carbocycles. The minimum Gasteiger partial charge on any atom is -0.399 e. The van der Waals surface area contributed by atoms with Gasteiger partial charge in [-0.15, -0.1) is 0 Å². The van der Waals surface area contributed by atoms with Crippen LogP contribution in [0.1, 0.15) is 15.9 Å². The molecule has 1 aromatic heterocycles. The molecule has 0 radical (unpaired) electrons. The molecule has 1 aliphatic rings. The van der Waals surface area contributed by atoms with Crippen molar-refractivity contribution in [1.82, 2.24) is 9.47 Å². The summed E-state index contributed by atoms with van der Waals surface area (Å²) in [6.07, 6.45) is 2.11. The topological polar surface area (TPSA) is 72.5 Å². The fourth-order valence-corrected chi connectivity index (χ4v) is 3.63. The van der Waals surface area contributed by atoms with Gasteiger partial charge >= 0.3 is 0 Å². The number of hydrogen-bond acceptors (Lipinski definition) is 4. The Hall–Kier alpha value is -2.83. The van der Waals surface area contributed by atoms with Crippen LogP contribution in [0, 0.1) is 6.92 Å². The van der Waals surface area contributed by atoms with Gasteiger partial charge in [0.25, 0.3) is 5.91 Å². The molecule has 3 N–H and O–H groups in total. The molecule has 0 bridgehead atoms. The average molecular weight is 378 g/mol. The first-order valence-electron chi connectivity index (χ1n) is 9.66. The summed E-state index contributed by atoms with van der Waals surface area (Å²) in [6.45, 7) is 7.51. The number of nitrogens with one attached hydrogen (secondary N) is 1. The van der Waals surface area contributed by atoms with Crippen LogP contribution in [0.25, 0.3) is 10.9 Å². The first-order valence-corrected chi connectivity index (χ1v) is 9.66. The van der Waals surface area contributed by atoms with Crippen molar-refractivity contribution in [1.29, 1.82) is 0 Å². The largest absolute Gasteiger partial charge is 0.399 e. The number of nitrogens with zero attached hydrogens (tertiary/aromatic N) is 2. The van der Waals surface area contributed by atoms with Crippen molar-refractivity contribution in [3.05, 3.63) is 59.8 Å².